The highest BCUT2D eigenvalue weighted by molar-refractivity contribution is 6.30. The summed E-state index contributed by atoms with van der Waals surface area (Å²) >= 11 is 11.6. The summed E-state index contributed by atoms with van der Waals surface area (Å²) in [5.41, 5.74) is 1.62. The van der Waals surface area contributed by atoms with Crippen molar-refractivity contribution >= 4 is 23.2 Å². The summed E-state index contributed by atoms with van der Waals surface area (Å²) < 4.78 is 0. The maximum Gasteiger partial charge on any atom is 0.104 e. The molecule has 1 N–H and O–H groups in total. The van der Waals surface area contributed by atoms with E-state index in [2.05, 4.69) is 0 Å². The predicted molar refractivity (Wildman–Crippen MR) is 67.0 cm³/mol. The molecule has 0 saturated carbocycles. The molecular weight excluding hydrogens is 243 g/mol. The van der Waals surface area contributed by atoms with E-state index in [9.17, 15) is 5.11 Å². The van der Waals surface area contributed by atoms with Crippen LogP contribution in [0, 0.1) is 0 Å². The fourth-order valence-corrected chi connectivity index (χ4v) is 1.73. The van der Waals surface area contributed by atoms with Gasteiger partial charge in [0.05, 0.1) is 0 Å². The van der Waals surface area contributed by atoms with Gasteiger partial charge in [0, 0.05) is 10.0 Å². The van der Waals surface area contributed by atoms with Crippen molar-refractivity contribution in [1.82, 2.24) is 0 Å². The molecule has 2 rings (SSSR count). The lowest BCUT2D eigenvalue weighted by atomic mass is 10.0. The van der Waals surface area contributed by atoms with Crippen LogP contribution in [-0.2, 0) is 0 Å². The lowest BCUT2D eigenvalue weighted by molar-refractivity contribution is 0.220. The van der Waals surface area contributed by atoms with Crippen molar-refractivity contribution in [2.24, 2.45) is 0 Å². The van der Waals surface area contributed by atoms with Crippen LogP contribution in [0.2, 0.25) is 10.0 Å². The second-order valence-electron chi connectivity index (χ2n) is 3.51. The molecule has 0 radical (unpaired) electrons. The quantitative estimate of drug-likeness (QED) is 0.855. The van der Waals surface area contributed by atoms with E-state index in [1.807, 2.05) is 24.3 Å². The summed E-state index contributed by atoms with van der Waals surface area (Å²) in [5, 5.41) is 11.4. The maximum atomic E-state index is 10.1. The van der Waals surface area contributed by atoms with E-state index in [-0.39, 0.29) is 0 Å². The fourth-order valence-electron chi connectivity index (χ4n) is 1.48. The monoisotopic (exact) mass is 252 g/mol. The molecule has 0 aliphatic rings. The largest absolute Gasteiger partial charge is 0.384 e. The Labute approximate surface area is 104 Å². The minimum atomic E-state index is -0.644. The molecule has 0 aliphatic carbocycles. The van der Waals surface area contributed by atoms with Crippen LogP contribution in [0.15, 0.2) is 48.5 Å². The molecule has 16 heavy (non-hydrogen) atoms. The Morgan fingerprint density at radius 1 is 0.688 bits per heavy atom. The molecule has 0 amide bonds. The second-order valence-corrected chi connectivity index (χ2v) is 4.38. The highest BCUT2D eigenvalue weighted by Crippen LogP contribution is 2.24. The first-order valence-corrected chi connectivity index (χ1v) is 5.61. The first-order valence-electron chi connectivity index (χ1n) is 4.86. The molecule has 0 fully saturated rings. The highest BCUT2D eigenvalue weighted by Gasteiger charge is 2.09. The van der Waals surface area contributed by atoms with Gasteiger partial charge in [-0.2, -0.15) is 0 Å². The number of hydrogen-bond acceptors (Lipinski definition) is 1. The third-order valence-electron chi connectivity index (χ3n) is 2.37. The van der Waals surface area contributed by atoms with E-state index >= 15 is 0 Å². The second kappa shape index (κ2) is 4.88. The van der Waals surface area contributed by atoms with Gasteiger partial charge in [-0.05, 0) is 35.4 Å². The van der Waals surface area contributed by atoms with Gasteiger partial charge in [-0.1, -0.05) is 47.5 Å². The topological polar surface area (TPSA) is 20.2 Å². The van der Waals surface area contributed by atoms with Crippen LogP contribution in [0.25, 0.3) is 0 Å². The molecule has 0 aliphatic heterocycles. The lowest BCUT2D eigenvalue weighted by Crippen LogP contribution is -1.98. The highest BCUT2D eigenvalue weighted by atomic mass is 35.5. The van der Waals surface area contributed by atoms with Crippen LogP contribution in [0.5, 0.6) is 0 Å². The number of hydrogen-bond donors (Lipinski definition) is 1. The van der Waals surface area contributed by atoms with Gasteiger partial charge in [-0.15, -0.1) is 0 Å². The Hall–Kier alpha value is -1.02. The first-order chi connectivity index (χ1) is 7.66. The van der Waals surface area contributed by atoms with Crippen molar-refractivity contribution in [3.05, 3.63) is 69.7 Å². The molecule has 0 heterocycles. The standard InChI is InChI=1S/C13H10Cl2O/c14-11-5-1-9(2-6-11)13(16)10-3-7-12(15)8-4-10/h1-8,13,16H. The van der Waals surface area contributed by atoms with Crippen molar-refractivity contribution in [2.75, 3.05) is 0 Å². The van der Waals surface area contributed by atoms with Gasteiger partial charge in [-0.25, -0.2) is 0 Å². The Kier molecular flexibility index (Phi) is 3.49. The molecule has 2 aromatic carbocycles. The minimum absolute atomic E-state index is 0.644. The SMILES string of the molecule is OC(c1ccc(Cl)cc1)c1ccc(Cl)cc1. The normalized spacial score (nSPS) is 10.8. The Bertz CT molecular complexity index is 417. The van der Waals surface area contributed by atoms with Crippen molar-refractivity contribution in [1.29, 1.82) is 0 Å². The van der Waals surface area contributed by atoms with E-state index in [4.69, 9.17) is 23.2 Å². The van der Waals surface area contributed by atoms with Crippen molar-refractivity contribution in [3.63, 3.8) is 0 Å². The van der Waals surface area contributed by atoms with E-state index in [1.54, 1.807) is 24.3 Å². The van der Waals surface area contributed by atoms with Crippen LogP contribution >= 0.6 is 23.2 Å². The van der Waals surface area contributed by atoms with Crippen LogP contribution in [0.1, 0.15) is 17.2 Å². The zero-order valence-electron chi connectivity index (χ0n) is 8.40. The number of benzene rings is 2. The summed E-state index contributed by atoms with van der Waals surface area (Å²) in [6, 6.07) is 14.3. The van der Waals surface area contributed by atoms with Gasteiger partial charge in [0.25, 0.3) is 0 Å². The average molecular weight is 253 g/mol. The predicted octanol–water partition coefficient (Wildman–Crippen LogP) is 4.08. The van der Waals surface area contributed by atoms with E-state index in [0.29, 0.717) is 10.0 Å². The molecule has 82 valence electrons. The minimum Gasteiger partial charge on any atom is -0.384 e. The molecule has 0 unspecified atom stereocenters. The third kappa shape index (κ3) is 2.56. The van der Waals surface area contributed by atoms with Gasteiger partial charge >= 0.3 is 0 Å². The van der Waals surface area contributed by atoms with Gasteiger partial charge < -0.3 is 5.11 Å². The van der Waals surface area contributed by atoms with Crippen molar-refractivity contribution in [2.45, 2.75) is 6.10 Å². The Balaban J connectivity index is 2.28. The maximum absolute atomic E-state index is 10.1. The van der Waals surface area contributed by atoms with Gasteiger partial charge in [-0.3, -0.25) is 0 Å². The lowest BCUT2D eigenvalue weighted by Gasteiger charge is -2.11. The van der Waals surface area contributed by atoms with Crippen molar-refractivity contribution < 1.29 is 5.11 Å². The Morgan fingerprint density at radius 2 is 1.00 bits per heavy atom. The van der Waals surface area contributed by atoms with Crippen LogP contribution in [0.3, 0.4) is 0 Å². The average Bonchev–Trinajstić information content (AvgIpc) is 2.30. The molecule has 1 nitrogen and oxygen atoms in total. The van der Waals surface area contributed by atoms with E-state index in [1.165, 1.54) is 0 Å². The van der Waals surface area contributed by atoms with Gasteiger partial charge in [0.15, 0.2) is 0 Å². The molecule has 0 atom stereocenters. The number of halogens is 2. The zero-order chi connectivity index (χ0) is 11.5. The molecular formula is C13H10Cl2O. The smallest absolute Gasteiger partial charge is 0.104 e. The summed E-state index contributed by atoms with van der Waals surface area (Å²) in [7, 11) is 0. The summed E-state index contributed by atoms with van der Waals surface area (Å²) in [5.74, 6) is 0. The van der Waals surface area contributed by atoms with Crippen LogP contribution in [-0.4, -0.2) is 5.11 Å². The summed E-state index contributed by atoms with van der Waals surface area (Å²) in [6.45, 7) is 0. The Morgan fingerprint density at radius 3 is 1.31 bits per heavy atom. The molecule has 0 saturated heterocycles. The van der Waals surface area contributed by atoms with E-state index < -0.39 is 6.10 Å². The van der Waals surface area contributed by atoms with E-state index in [0.717, 1.165) is 11.1 Å². The number of aliphatic hydroxyl groups is 1. The van der Waals surface area contributed by atoms with Crippen LogP contribution in [0.4, 0.5) is 0 Å². The molecule has 0 aromatic heterocycles. The zero-order valence-corrected chi connectivity index (χ0v) is 9.91. The van der Waals surface area contributed by atoms with Crippen molar-refractivity contribution in [3.8, 4) is 0 Å². The van der Waals surface area contributed by atoms with Gasteiger partial charge in [0.2, 0.25) is 0 Å². The molecule has 0 bridgehead atoms. The fraction of sp³-hybridized carbons (Fsp3) is 0.0769. The van der Waals surface area contributed by atoms with Gasteiger partial charge in [0.1, 0.15) is 6.10 Å². The number of aliphatic hydroxyl groups excluding tert-OH is 1. The van der Waals surface area contributed by atoms with Crippen LogP contribution < -0.4 is 0 Å². The number of rotatable bonds is 2. The molecule has 0 spiro atoms. The first kappa shape index (κ1) is 11.5. The molecule has 2 aromatic rings. The summed E-state index contributed by atoms with van der Waals surface area (Å²) in [6.07, 6.45) is -0.644. The third-order valence-corrected chi connectivity index (χ3v) is 2.88. The summed E-state index contributed by atoms with van der Waals surface area (Å²) in [4.78, 5) is 0. The molecule has 3 heteroatoms.